The molecule has 0 fully saturated rings. The summed E-state index contributed by atoms with van der Waals surface area (Å²) in [6.45, 7) is 10.3. The number of hydrogen-bond donors (Lipinski definition) is 0. The minimum absolute atomic E-state index is 0.0932. The lowest BCUT2D eigenvalue weighted by atomic mass is 9.56. The Morgan fingerprint density at radius 2 is 1.38 bits per heavy atom. The Bertz CT molecular complexity index is 213. The van der Waals surface area contributed by atoms with Crippen molar-refractivity contribution in [1.29, 1.82) is 0 Å². The summed E-state index contributed by atoms with van der Waals surface area (Å²) in [6, 6.07) is 0. The van der Waals surface area contributed by atoms with Gasteiger partial charge in [-0.15, -0.1) is 0 Å². The Morgan fingerprint density at radius 3 is 1.56 bits per heavy atom. The molecule has 0 saturated heterocycles. The first kappa shape index (κ1) is 15.5. The van der Waals surface area contributed by atoms with Crippen LogP contribution in [0.2, 0.25) is 0 Å². The molecule has 0 amide bonds. The molecule has 0 aliphatic heterocycles. The fourth-order valence-electron chi connectivity index (χ4n) is 3.50. The van der Waals surface area contributed by atoms with Crippen LogP contribution in [0.25, 0.3) is 0 Å². The molecule has 0 aromatic heterocycles. The van der Waals surface area contributed by atoms with Gasteiger partial charge in [-0.2, -0.15) is 0 Å². The van der Waals surface area contributed by atoms with Crippen LogP contribution in [0.5, 0.6) is 0 Å². The van der Waals surface area contributed by atoms with Gasteiger partial charge in [-0.25, -0.2) is 0 Å². The van der Waals surface area contributed by atoms with Crippen LogP contribution >= 0.6 is 0 Å². The van der Waals surface area contributed by atoms with Crippen molar-refractivity contribution in [2.75, 3.05) is 0 Å². The molecule has 0 unspecified atom stereocenters. The molecule has 0 heterocycles. The molecule has 0 radical (unpaired) electrons. The van der Waals surface area contributed by atoms with Crippen molar-refractivity contribution in [2.45, 2.75) is 73.1 Å². The molecule has 0 rings (SSSR count). The molecule has 96 valence electrons. The summed E-state index contributed by atoms with van der Waals surface area (Å²) in [5.41, 5.74) is -0.739. The molecular formula is C14H27O2-. The second-order valence-electron chi connectivity index (χ2n) is 4.81. The normalized spacial score (nSPS) is 12.8. The smallest absolute Gasteiger partial charge is 0.0481 e. The monoisotopic (exact) mass is 227 g/mol. The van der Waals surface area contributed by atoms with E-state index >= 15 is 0 Å². The lowest BCUT2D eigenvalue weighted by molar-refractivity contribution is -0.327. The lowest BCUT2D eigenvalue weighted by Crippen LogP contribution is -2.53. The molecule has 0 aliphatic rings. The number of aliphatic carboxylic acids is 1. The average molecular weight is 227 g/mol. The third kappa shape index (κ3) is 2.26. The summed E-state index contributed by atoms with van der Waals surface area (Å²) in [4.78, 5) is 11.6. The first-order valence-electron chi connectivity index (χ1n) is 6.71. The van der Waals surface area contributed by atoms with Crippen LogP contribution in [0, 0.1) is 10.8 Å². The number of carbonyl (C=O) groups is 1. The van der Waals surface area contributed by atoms with E-state index in [0.717, 1.165) is 25.7 Å². The predicted molar refractivity (Wildman–Crippen MR) is 65.9 cm³/mol. The molecule has 0 aliphatic carbocycles. The number of hydrogen-bond acceptors (Lipinski definition) is 2. The van der Waals surface area contributed by atoms with Crippen LogP contribution in [-0.2, 0) is 4.79 Å². The number of rotatable bonds is 8. The summed E-state index contributed by atoms with van der Waals surface area (Å²) in [7, 11) is 0. The Hall–Kier alpha value is -0.530. The zero-order valence-electron chi connectivity index (χ0n) is 11.6. The van der Waals surface area contributed by atoms with Crippen LogP contribution < -0.4 is 5.11 Å². The lowest BCUT2D eigenvalue weighted by Gasteiger charge is -2.51. The highest BCUT2D eigenvalue weighted by Crippen LogP contribution is 2.52. The van der Waals surface area contributed by atoms with Gasteiger partial charge in [-0.1, -0.05) is 41.0 Å². The van der Waals surface area contributed by atoms with E-state index in [1.54, 1.807) is 0 Å². The summed E-state index contributed by atoms with van der Waals surface area (Å²) in [5, 5.41) is 11.6. The van der Waals surface area contributed by atoms with Gasteiger partial charge in [0.15, 0.2) is 0 Å². The van der Waals surface area contributed by atoms with Gasteiger partial charge in [-0.05, 0) is 37.5 Å². The summed E-state index contributed by atoms with van der Waals surface area (Å²) in [5.74, 6) is -0.852. The first-order chi connectivity index (χ1) is 7.50. The highest BCUT2D eigenvalue weighted by Gasteiger charge is 2.46. The largest absolute Gasteiger partial charge is 0.550 e. The van der Waals surface area contributed by atoms with Crippen LogP contribution in [-0.4, -0.2) is 5.97 Å². The van der Waals surface area contributed by atoms with Gasteiger partial charge in [-0.3, -0.25) is 0 Å². The van der Waals surface area contributed by atoms with E-state index in [4.69, 9.17) is 0 Å². The molecular weight excluding hydrogens is 200 g/mol. The Morgan fingerprint density at radius 1 is 0.938 bits per heavy atom. The van der Waals surface area contributed by atoms with Crippen molar-refractivity contribution in [2.24, 2.45) is 10.8 Å². The molecule has 0 atom stereocenters. The quantitative estimate of drug-likeness (QED) is 0.639. The van der Waals surface area contributed by atoms with E-state index in [9.17, 15) is 9.90 Å². The maximum Gasteiger partial charge on any atom is 0.0481 e. The predicted octanol–water partition coefficient (Wildman–Crippen LogP) is 3.15. The maximum atomic E-state index is 11.6. The van der Waals surface area contributed by atoms with Crippen molar-refractivity contribution in [3.63, 3.8) is 0 Å². The number of carboxylic acids is 1. The van der Waals surface area contributed by atoms with Gasteiger partial charge in [0.25, 0.3) is 0 Å². The van der Waals surface area contributed by atoms with Crippen LogP contribution in [0.3, 0.4) is 0 Å². The second-order valence-corrected chi connectivity index (χ2v) is 4.81. The molecule has 2 heteroatoms. The van der Waals surface area contributed by atoms with E-state index in [2.05, 4.69) is 20.8 Å². The highest BCUT2D eigenvalue weighted by molar-refractivity contribution is 5.73. The molecule has 0 aromatic rings. The van der Waals surface area contributed by atoms with E-state index in [1.165, 1.54) is 0 Å². The molecule has 0 N–H and O–H groups in total. The average Bonchev–Trinajstić information content (AvgIpc) is 2.29. The Labute approximate surface area is 100 Å². The fourth-order valence-corrected chi connectivity index (χ4v) is 3.50. The first-order valence-corrected chi connectivity index (χ1v) is 6.71. The van der Waals surface area contributed by atoms with Crippen molar-refractivity contribution in [3.8, 4) is 0 Å². The molecule has 0 aromatic carbocycles. The van der Waals surface area contributed by atoms with Gasteiger partial charge < -0.3 is 9.90 Å². The Kier molecular flexibility index (Phi) is 6.06. The summed E-state index contributed by atoms with van der Waals surface area (Å²) < 4.78 is 0. The standard InChI is InChI=1S/C14H28O2/c1-6-11-13(7-2,8-3)14(9-4,10-5)12(15)16/h6-11H2,1-5H3,(H,15,16)/p-1. The number of carbonyl (C=O) groups excluding carboxylic acids is 1. The third-order valence-corrected chi connectivity index (χ3v) is 4.70. The molecule has 16 heavy (non-hydrogen) atoms. The minimum Gasteiger partial charge on any atom is -0.550 e. The van der Waals surface area contributed by atoms with Crippen LogP contribution in [0.15, 0.2) is 0 Å². The van der Waals surface area contributed by atoms with Crippen molar-refractivity contribution in [1.82, 2.24) is 0 Å². The second kappa shape index (κ2) is 6.27. The summed E-state index contributed by atoms with van der Waals surface area (Å²) >= 11 is 0. The highest BCUT2D eigenvalue weighted by atomic mass is 16.4. The van der Waals surface area contributed by atoms with Crippen molar-refractivity contribution >= 4 is 5.97 Å². The van der Waals surface area contributed by atoms with Crippen LogP contribution in [0.4, 0.5) is 0 Å². The fraction of sp³-hybridized carbons (Fsp3) is 0.929. The van der Waals surface area contributed by atoms with E-state index in [1.807, 2.05) is 13.8 Å². The number of carboxylic acid groups (broad SMARTS) is 1. The van der Waals surface area contributed by atoms with Crippen molar-refractivity contribution < 1.29 is 9.90 Å². The minimum atomic E-state index is -0.852. The zero-order valence-corrected chi connectivity index (χ0v) is 11.6. The molecule has 2 nitrogen and oxygen atoms in total. The molecule has 0 saturated carbocycles. The van der Waals surface area contributed by atoms with Crippen LogP contribution in [0.1, 0.15) is 73.1 Å². The van der Waals surface area contributed by atoms with Gasteiger partial charge in [0.05, 0.1) is 0 Å². The van der Waals surface area contributed by atoms with Crippen molar-refractivity contribution in [3.05, 3.63) is 0 Å². The van der Waals surface area contributed by atoms with Gasteiger partial charge in [0, 0.05) is 11.4 Å². The van der Waals surface area contributed by atoms with Gasteiger partial charge in [0.2, 0.25) is 0 Å². The maximum absolute atomic E-state index is 11.6. The van der Waals surface area contributed by atoms with Gasteiger partial charge in [0.1, 0.15) is 0 Å². The molecule has 0 spiro atoms. The third-order valence-electron chi connectivity index (χ3n) is 4.70. The van der Waals surface area contributed by atoms with E-state index < -0.39 is 11.4 Å². The van der Waals surface area contributed by atoms with Gasteiger partial charge >= 0.3 is 0 Å². The molecule has 0 bridgehead atoms. The van der Waals surface area contributed by atoms with E-state index in [0.29, 0.717) is 12.8 Å². The topological polar surface area (TPSA) is 40.1 Å². The Balaban J connectivity index is 5.48. The summed E-state index contributed by atoms with van der Waals surface area (Å²) in [6.07, 6.45) is 5.22. The van der Waals surface area contributed by atoms with E-state index in [-0.39, 0.29) is 5.41 Å². The zero-order chi connectivity index (χ0) is 12.8. The SMILES string of the molecule is CCCC(CC)(CC)C(CC)(CC)C(=O)[O-].